The molecule has 0 fully saturated rings. The average Bonchev–Trinajstić information content (AvgIpc) is 2.37. The van der Waals surface area contributed by atoms with Crippen LogP contribution in [-0.2, 0) is 19.1 Å². The van der Waals surface area contributed by atoms with E-state index < -0.39 is 11.9 Å². The molecule has 0 saturated heterocycles. The lowest BCUT2D eigenvalue weighted by Crippen LogP contribution is -2.21. The monoisotopic (exact) mass is 312 g/mol. The van der Waals surface area contributed by atoms with Crippen molar-refractivity contribution >= 4 is 11.9 Å². The molecule has 0 aliphatic rings. The maximum Gasteiger partial charge on any atom is 0.334 e. The van der Waals surface area contributed by atoms with Gasteiger partial charge in [-0.05, 0) is 30.6 Å². The molecule has 0 bridgehead atoms. The van der Waals surface area contributed by atoms with Crippen molar-refractivity contribution in [3.8, 4) is 0 Å². The van der Waals surface area contributed by atoms with Crippen molar-refractivity contribution < 1.29 is 19.1 Å². The van der Waals surface area contributed by atoms with E-state index in [4.69, 9.17) is 9.47 Å². The van der Waals surface area contributed by atoms with Gasteiger partial charge in [-0.1, -0.05) is 48.5 Å². The topological polar surface area (TPSA) is 52.6 Å². The Balaban J connectivity index is 5.22. The number of ether oxygens (including phenoxy) is 2. The summed E-state index contributed by atoms with van der Waals surface area (Å²) in [7, 11) is 0. The SMILES string of the molecule is CC(C(=O)OCC(C)C)=C(CC(C)(C)C)C(=O)OCC(C)C. The Morgan fingerprint density at radius 2 is 1.27 bits per heavy atom. The van der Waals surface area contributed by atoms with Gasteiger partial charge in [0.05, 0.1) is 13.2 Å². The van der Waals surface area contributed by atoms with E-state index >= 15 is 0 Å². The molecule has 22 heavy (non-hydrogen) atoms. The van der Waals surface area contributed by atoms with Crippen molar-refractivity contribution in [1.29, 1.82) is 0 Å². The van der Waals surface area contributed by atoms with E-state index in [1.165, 1.54) is 0 Å². The van der Waals surface area contributed by atoms with Gasteiger partial charge in [-0.15, -0.1) is 0 Å². The van der Waals surface area contributed by atoms with Crippen LogP contribution in [0.3, 0.4) is 0 Å². The Hall–Kier alpha value is -1.32. The van der Waals surface area contributed by atoms with Gasteiger partial charge in [0.1, 0.15) is 0 Å². The van der Waals surface area contributed by atoms with Crippen LogP contribution in [0.1, 0.15) is 61.8 Å². The number of hydrogen-bond donors (Lipinski definition) is 0. The third-order valence-electron chi connectivity index (χ3n) is 2.81. The van der Waals surface area contributed by atoms with Gasteiger partial charge in [0.25, 0.3) is 0 Å². The summed E-state index contributed by atoms with van der Waals surface area (Å²) in [5.41, 5.74) is 0.650. The van der Waals surface area contributed by atoms with Gasteiger partial charge >= 0.3 is 11.9 Å². The smallest absolute Gasteiger partial charge is 0.334 e. The van der Waals surface area contributed by atoms with Crippen LogP contribution in [0.2, 0.25) is 0 Å². The molecular weight excluding hydrogens is 280 g/mol. The number of rotatable bonds is 7. The zero-order valence-electron chi connectivity index (χ0n) is 15.4. The minimum Gasteiger partial charge on any atom is -0.462 e. The van der Waals surface area contributed by atoms with Gasteiger partial charge in [0.15, 0.2) is 0 Å². The molecule has 0 aromatic rings. The standard InChI is InChI=1S/C18H32O4/c1-12(2)10-21-16(19)14(5)15(9-18(6,7)8)17(20)22-11-13(3)4/h12-13H,9-11H2,1-8H3. The summed E-state index contributed by atoms with van der Waals surface area (Å²) in [5.74, 6) is -0.333. The van der Waals surface area contributed by atoms with Crippen LogP contribution in [0.25, 0.3) is 0 Å². The van der Waals surface area contributed by atoms with Crippen molar-refractivity contribution in [3.05, 3.63) is 11.1 Å². The van der Waals surface area contributed by atoms with Crippen LogP contribution < -0.4 is 0 Å². The summed E-state index contributed by atoms with van der Waals surface area (Å²) >= 11 is 0. The highest BCUT2D eigenvalue weighted by Gasteiger charge is 2.25. The predicted octanol–water partition coefficient (Wildman–Crippen LogP) is 4.14. The van der Waals surface area contributed by atoms with Crippen molar-refractivity contribution in [1.82, 2.24) is 0 Å². The lowest BCUT2D eigenvalue weighted by Gasteiger charge is -2.21. The minimum atomic E-state index is -0.436. The molecule has 128 valence electrons. The minimum absolute atomic E-state index is 0.119. The second-order valence-corrected chi connectivity index (χ2v) is 7.83. The van der Waals surface area contributed by atoms with Gasteiger partial charge in [-0.3, -0.25) is 0 Å². The molecule has 4 nitrogen and oxygen atoms in total. The molecule has 0 amide bonds. The molecule has 0 aromatic heterocycles. The van der Waals surface area contributed by atoms with Gasteiger partial charge < -0.3 is 9.47 Å². The molecular formula is C18H32O4. The molecule has 0 heterocycles. The molecule has 0 aliphatic carbocycles. The van der Waals surface area contributed by atoms with Crippen molar-refractivity contribution in [3.63, 3.8) is 0 Å². The highest BCUT2D eigenvalue weighted by molar-refractivity contribution is 6.00. The van der Waals surface area contributed by atoms with Crippen LogP contribution >= 0.6 is 0 Å². The van der Waals surface area contributed by atoms with Gasteiger partial charge in [-0.2, -0.15) is 0 Å². The van der Waals surface area contributed by atoms with Crippen LogP contribution in [0.4, 0.5) is 0 Å². The summed E-state index contributed by atoms with van der Waals surface area (Å²) in [6.07, 6.45) is 0.479. The lowest BCUT2D eigenvalue weighted by atomic mass is 9.86. The highest BCUT2D eigenvalue weighted by atomic mass is 16.5. The predicted molar refractivity (Wildman–Crippen MR) is 88.4 cm³/mol. The van der Waals surface area contributed by atoms with Crippen molar-refractivity contribution in [2.45, 2.75) is 61.8 Å². The summed E-state index contributed by atoms with van der Waals surface area (Å²) < 4.78 is 10.5. The van der Waals surface area contributed by atoms with Crippen molar-refractivity contribution in [2.75, 3.05) is 13.2 Å². The Labute approximate surface area is 135 Å². The molecule has 0 aromatic carbocycles. The number of hydrogen-bond acceptors (Lipinski definition) is 4. The first-order valence-electron chi connectivity index (χ1n) is 7.98. The molecule has 4 heteroatoms. The quantitative estimate of drug-likeness (QED) is 0.524. The maximum absolute atomic E-state index is 12.3. The number of carbonyl (C=O) groups is 2. The summed E-state index contributed by atoms with van der Waals surface area (Å²) in [6.45, 7) is 16.3. The second-order valence-electron chi connectivity index (χ2n) is 7.83. The maximum atomic E-state index is 12.3. The van der Waals surface area contributed by atoms with Crippen LogP contribution in [0.5, 0.6) is 0 Å². The summed E-state index contributed by atoms with van der Waals surface area (Å²) in [4.78, 5) is 24.5. The Morgan fingerprint density at radius 1 is 0.864 bits per heavy atom. The first kappa shape index (κ1) is 20.7. The van der Waals surface area contributed by atoms with Gasteiger partial charge in [0, 0.05) is 11.1 Å². The zero-order valence-corrected chi connectivity index (χ0v) is 15.4. The second kappa shape index (κ2) is 8.96. The normalized spacial score (nSPS) is 13.2. The van der Waals surface area contributed by atoms with Gasteiger partial charge in [0.2, 0.25) is 0 Å². The largest absolute Gasteiger partial charge is 0.462 e. The Bertz CT molecular complexity index is 411. The molecule has 0 radical (unpaired) electrons. The summed E-state index contributed by atoms with van der Waals surface area (Å²) in [5, 5.41) is 0. The van der Waals surface area contributed by atoms with Gasteiger partial charge in [-0.25, -0.2) is 9.59 Å². The molecule has 0 aliphatic heterocycles. The number of esters is 2. The van der Waals surface area contributed by atoms with E-state index in [2.05, 4.69) is 0 Å². The number of carbonyl (C=O) groups excluding carboxylic acids is 2. The van der Waals surface area contributed by atoms with E-state index in [0.717, 1.165) is 0 Å². The molecule has 0 N–H and O–H groups in total. The molecule has 0 atom stereocenters. The van der Waals surface area contributed by atoms with E-state index in [0.29, 0.717) is 30.8 Å². The first-order chi connectivity index (χ1) is 9.94. The van der Waals surface area contributed by atoms with Crippen LogP contribution in [-0.4, -0.2) is 25.2 Å². The third kappa shape index (κ3) is 8.85. The highest BCUT2D eigenvalue weighted by Crippen LogP contribution is 2.27. The van der Waals surface area contributed by atoms with E-state index in [-0.39, 0.29) is 17.3 Å². The Kier molecular flexibility index (Phi) is 8.43. The molecule has 0 saturated carbocycles. The molecule has 0 rings (SSSR count). The third-order valence-corrected chi connectivity index (χ3v) is 2.81. The molecule has 0 spiro atoms. The molecule has 0 unspecified atom stereocenters. The summed E-state index contributed by atoms with van der Waals surface area (Å²) in [6, 6.07) is 0. The lowest BCUT2D eigenvalue weighted by molar-refractivity contribution is -0.143. The van der Waals surface area contributed by atoms with E-state index in [1.807, 2.05) is 48.5 Å². The van der Waals surface area contributed by atoms with E-state index in [1.54, 1.807) is 6.92 Å². The van der Waals surface area contributed by atoms with Crippen LogP contribution in [0, 0.1) is 17.3 Å². The first-order valence-corrected chi connectivity index (χ1v) is 7.98. The fourth-order valence-electron chi connectivity index (χ4n) is 1.69. The Morgan fingerprint density at radius 3 is 1.64 bits per heavy atom. The zero-order chi connectivity index (χ0) is 17.5. The average molecular weight is 312 g/mol. The van der Waals surface area contributed by atoms with E-state index in [9.17, 15) is 9.59 Å². The van der Waals surface area contributed by atoms with Crippen LogP contribution in [0.15, 0.2) is 11.1 Å². The fourth-order valence-corrected chi connectivity index (χ4v) is 1.69. The van der Waals surface area contributed by atoms with Crippen molar-refractivity contribution in [2.24, 2.45) is 17.3 Å². The fraction of sp³-hybridized carbons (Fsp3) is 0.778.